The molecule has 8 heteroatoms. The fraction of sp³-hybridized carbons (Fsp3) is 0.176. The highest BCUT2D eigenvalue weighted by Gasteiger charge is 2.22. The van der Waals surface area contributed by atoms with Gasteiger partial charge in [-0.1, -0.05) is 24.6 Å². The van der Waals surface area contributed by atoms with Crippen LogP contribution in [0.2, 0.25) is 5.02 Å². The third-order valence-electron chi connectivity index (χ3n) is 3.61. The number of rotatable bonds is 5. The SMILES string of the molecule is CCC(C(=O)Nc1cccc(O)c1)n1nnc(-c2ccc(Cl)cc2)n1. The summed E-state index contributed by atoms with van der Waals surface area (Å²) >= 11 is 5.87. The maximum absolute atomic E-state index is 12.5. The molecule has 0 aliphatic rings. The lowest BCUT2D eigenvalue weighted by atomic mass is 10.2. The summed E-state index contributed by atoms with van der Waals surface area (Å²) in [5.41, 5.74) is 1.26. The summed E-state index contributed by atoms with van der Waals surface area (Å²) in [7, 11) is 0. The molecule has 0 aliphatic carbocycles. The Bertz CT molecular complexity index is 879. The summed E-state index contributed by atoms with van der Waals surface area (Å²) < 4.78 is 0. The van der Waals surface area contributed by atoms with Gasteiger partial charge in [-0.05, 0) is 48.0 Å². The van der Waals surface area contributed by atoms with Crippen LogP contribution in [0.15, 0.2) is 48.5 Å². The maximum atomic E-state index is 12.5. The van der Waals surface area contributed by atoms with E-state index >= 15 is 0 Å². The number of carbonyl (C=O) groups excluding carboxylic acids is 1. The van der Waals surface area contributed by atoms with Crippen LogP contribution in [0.4, 0.5) is 5.69 Å². The standard InChI is InChI=1S/C17H16ClN5O2/c1-2-15(17(25)19-13-4-3-5-14(24)10-13)23-21-16(20-22-23)11-6-8-12(18)9-7-11/h3-10,15,24H,2H2,1H3,(H,19,25). The molecule has 3 aromatic rings. The molecule has 2 aromatic carbocycles. The van der Waals surface area contributed by atoms with E-state index in [-0.39, 0.29) is 11.7 Å². The Morgan fingerprint density at radius 1 is 1.28 bits per heavy atom. The van der Waals surface area contributed by atoms with Crippen LogP contribution in [0.1, 0.15) is 19.4 Å². The molecule has 0 spiro atoms. The molecular weight excluding hydrogens is 342 g/mol. The number of nitrogens with zero attached hydrogens (tertiary/aromatic N) is 4. The fourth-order valence-corrected chi connectivity index (χ4v) is 2.46. The molecule has 1 atom stereocenters. The van der Waals surface area contributed by atoms with Crippen LogP contribution < -0.4 is 5.32 Å². The Balaban J connectivity index is 1.79. The second kappa shape index (κ2) is 7.31. The second-order valence-corrected chi connectivity index (χ2v) is 5.84. The first kappa shape index (κ1) is 16.9. The highest BCUT2D eigenvalue weighted by atomic mass is 35.5. The number of hydrogen-bond acceptors (Lipinski definition) is 5. The molecule has 25 heavy (non-hydrogen) atoms. The Morgan fingerprint density at radius 3 is 2.72 bits per heavy atom. The number of benzene rings is 2. The summed E-state index contributed by atoms with van der Waals surface area (Å²) in [6, 6.07) is 12.8. The normalized spacial score (nSPS) is 11.9. The number of aromatic nitrogens is 4. The molecule has 1 amide bonds. The van der Waals surface area contributed by atoms with Crippen molar-refractivity contribution in [2.75, 3.05) is 5.32 Å². The average molecular weight is 358 g/mol. The van der Waals surface area contributed by atoms with Crippen molar-refractivity contribution in [1.29, 1.82) is 0 Å². The summed E-state index contributed by atoms with van der Waals surface area (Å²) in [6.07, 6.45) is 0.487. The van der Waals surface area contributed by atoms with Gasteiger partial charge < -0.3 is 10.4 Å². The molecule has 0 bridgehead atoms. The smallest absolute Gasteiger partial charge is 0.251 e. The molecular formula is C17H16ClN5O2. The molecule has 0 saturated carbocycles. The quantitative estimate of drug-likeness (QED) is 0.730. The molecule has 1 heterocycles. The van der Waals surface area contributed by atoms with Gasteiger partial charge in [0.05, 0.1) is 0 Å². The van der Waals surface area contributed by atoms with Gasteiger partial charge in [0.15, 0.2) is 6.04 Å². The molecule has 0 radical (unpaired) electrons. The molecule has 0 saturated heterocycles. The molecule has 0 fully saturated rings. The van der Waals surface area contributed by atoms with Crippen LogP contribution in [0.5, 0.6) is 5.75 Å². The molecule has 1 aromatic heterocycles. The molecule has 3 rings (SSSR count). The van der Waals surface area contributed by atoms with Gasteiger partial charge in [-0.15, -0.1) is 10.2 Å². The molecule has 7 nitrogen and oxygen atoms in total. The van der Waals surface area contributed by atoms with Crippen molar-refractivity contribution in [3.8, 4) is 17.1 Å². The Morgan fingerprint density at radius 2 is 2.04 bits per heavy atom. The predicted octanol–water partition coefficient (Wildman–Crippen LogP) is 3.29. The second-order valence-electron chi connectivity index (χ2n) is 5.40. The van der Waals surface area contributed by atoms with Crippen LogP contribution in [-0.4, -0.2) is 31.2 Å². The van der Waals surface area contributed by atoms with Crippen molar-refractivity contribution in [2.45, 2.75) is 19.4 Å². The minimum absolute atomic E-state index is 0.0785. The van der Waals surface area contributed by atoms with Crippen LogP contribution in [0.3, 0.4) is 0 Å². The predicted molar refractivity (Wildman–Crippen MR) is 94.3 cm³/mol. The van der Waals surface area contributed by atoms with Gasteiger partial charge in [-0.25, -0.2) is 0 Å². The van der Waals surface area contributed by atoms with Crippen molar-refractivity contribution in [1.82, 2.24) is 20.2 Å². The van der Waals surface area contributed by atoms with Gasteiger partial charge in [0, 0.05) is 22.3 Å². The van der Waals surface area contributed by atoms with Gasteiger partial charge in [0.25, 0.3) is 5.91 Å². The Hall–Kier alpha value is -2.93. The summed E-state index contributed by atoms with van der Waals surface area (Å²) in [6.45, 7) is 1.86. The van der Waals surface area contributed by atoms with E-state index in [1.807, 2.05) is 6.92 Å². The zero-order valence-corrected chi connectivity index (χ0v) is 14.2. The van der Waals surface area contributed by atoms with Crippen molar-refractivity contribution in [3.05, 3.63) is 53.6 Å². The number of carbonyl (C=O) groups is 1. The van der Waals surface area contributed by atoms with Gasteiger partial charge in [-0.2, -0.15) is 4.80 Å². The van der Waals surface area contributed by atoms with Gasteiger partial charge >= 0.3 is 0 Å². The van der Waals surface area contributed by atoms with Gasteiger partial charge in [0.1, 0.15) is 5.75 Å². The van der Waals surface area contributed by atoms with E-state index in [1.54, 1.807) is 36.4 Å². The summed E-state index contributed by atoms with van der Waals surface area (Å²) in [5, 5.41) is 25.2. The third kappa shape index (κ3) is 3.95. The molecule has 0 aliphatic heterocycles. The minimum Gasteiger partial charge on any atom is -0.508 e. The number of amides is 1. The van der Waals surface area contributed by atoms with E-state index in [9.17, 15) is 9.90 Å². The van der Waals surface area contributed by atoms with Crippen molar-refractivity contribution >= 4 is 23.2 Å². The fourth-order valence-electron chi connectivity index (χ4n) is 2.33. The lowest BCUT2D eigenvalue weighted by molar-refractivity contribution is -0.119. The lowest BCUT2D eigenvalue weighted by Crippen LogP contribution is -2.27. The number of nitrogens with one attached hydrogen (secondary N) is 1. The van der Waals surface area contributed by atoms with Crippen LogP contribution in [-0.2, 0) is 4.79 Å². The van der Waals surface area contributed by atoms with Crippen LogP contribution >= 0.6 is 11.6 Å². The van der Waals surface area contributed by atoms with Gasteiger partial charge in [0.2, 0.25) is 5.82 Å². The highest BCUT2D eigenvalue weighted by Crippen LogP contribution is 2.20. The first-order valence-electron chi connectivity index (χ1n) is 7.72. The monoisotopic (exact) mass is 357 g/mol. The highest BCUT2D eigenvalue weighted by molar-refractivity contribution is 6.30. The molecule has 128 valence electrons. The van der Waals surface area contributed by atoms with Crippen molar-refractivity contribution < 1.29 is 9.90 Å². The third-order valence-corrected chi connectivity index (χ3v) is 3.86. The minimum atomic E-state index is -0.615. The maximum Gasteiger partial charge on any atom is 0.251 e. The summed E-state index contributed by atoms with van der Waals surface area (Å²) in [5.74, 6) is 0.211. The first-order chi connectivity index (χ1) is 12.1. The largest absolute Gasteiger partial charge is 0.508 e. The molecule has 2 N–H and O–H groups in total. The topological polar surface area (TPSA) is 92.9 Å². The number of hydrogen-bond donors (Lipinski definition) is 2. The number of tetrazole rings is 1. The van der Waals surface area contributed by atoms with E-state index < -0.39 is 6.04 Å². The number of aromatic hydroxyl groups is 1. The molecule has 1 unspecified atom stereocenters. The van der Waals surface area contributed by atoms with E-state index in [0.29, 0.717) is 23.0 Å². The number of phenolic OH excluding ortho intramolecular Hbond substituents is 1. The lowest BCUT2D eigenvalue weighted by Gasteiger charge is -2.13. The Kier molecular flexibility index (Phi) is 4.95. The van der Waals surface area contributed by atoms with E-state index in [1.165, 1.54) is 16.9 Å². The Labute approximate surface area is 149 Å². The number of phenols is 1. The van der Waals surface area contributed by atoms with Crippen molar-refractivity contribution in [2.24, 2.45) is 0 Å². The van der Waals surface area contributed by atoms with E-state index in [4.69, 9.17) is 11.6 Å². The number of halogens is 1. The summed E-state index contributed by atoms with van der Waals surface area (Å²) in [4.78, 5) is 13.8. The number of anilines is 1. The first-order valence-corrected chi connectivity index (χ1v) is 8.10. The van der Waals surface area contributed by atoms with Crippen LogP contribution in [0.25, 0.3) is 11.4 Å². The van der Waals surface area contributed by atoms with E-state index in [2.05, 4.69) is 20.7 Å². The zero-order valence-electron chi connectivity index (χ0n) is 13.4. The van der Waals surface area contributed by atoms with Crippen molar-refractivity contribution in [3.63, 3.8) is 0 Å². The van der Waals surface area contributed by atoms with Gasteiger partial charge in [-0.3, -0.25) is 4.79 Å². The zero-order chi connectivity index (χ0) is 17.8. The van der Waals surface area contributed by atoms with E-state index in [0.717, 1.165) is 5.56 Å². The van der Waals surface area contributed by atoms with Crippen LogP contribution in [0, 0.1) is 0 Å². The average Bonchev–Trinajstić information content (AvgIpc) is 3.06.